The van der Waals surface area contributed by atoms with Gasteiger partial charge in [-0.2, -0.15) is 0 Å². The Bertz CT molecular complexity index is 1390. The van der Waals surface area contributed by atoms with Gasteiger partial charge in [-0.1, -0.05) is 24.3 Å². The summed E-state index contributed by atoms with van der Waals surface area (Å²) in [5, 5.41) is 9.90. The van der Waals surface area contributed by atoms with Crippen LogP contribution in [0.15, 0.2) is 75.4 Å². The minimum absolute atomic E-state index is 0.0824. The van der Waals surface area contributed by atoms with Crippen molar-refractivity contribution in [2.75, 3.05) is 40.5 Å². The molecular weight excluding hydrogens is 474 g/mol. The zero-order chi connectivity index (χ0) is 22.6. The van der Waals surface area contributed by atoms with Gasteiger partial charge in [0, 0.05) is 29.4 Å². The van der Waals surface area contributed by atoms with E-state index in [9.17, 15) is 12.6 Å². The minimum atomic E-state index is -3.31. The van der Waals surface area contributed by atoms with Crippen LogP contribution in [0, 0.1) is 0 Å². The Labute approximate surface area is 199 Å². The molecule has 3 N–H and O–H groups in total. The van der Waals surface area contributed by atoms with Crippen molar-refractivity contribution < 1.29 is 12.6 Å². The van der Waals surface area contributed by atoms with Crippen LogP contribution in [0.1, 0.15) is 22.4 Å². The second-order valence-corrected chi connectivity index (χ2v) is 13.2. The van der Waals surface area contributed by atoms with Crippen molar-refractivity contribution in [2.45, 2.75) is 26.0 Å². The number of sulfone groups is 1. The molecule has 0 saturated heterocycles. The highest BCUT2D eigenvalue weighted by molar-refractivity contribution is 7.99. The second-order valence-electron chi connectivity index (χ2n) is 8.43. The molecule has 0 aliphatic carbocycles. The van der Waals surface area contributed by atoms with E-state index in [1.165, 1.54) is 4.90 Å². The molecule has 6 rings (SSSR count). The van der Waals surface area contributed by atoms with Crippen LogP contribution in [0.2, 0.25) is 0 Å². The first-order chi connectivity index (χ1) is 16.0. The first kappa shape index (κ1) is 21.1. The minimum Gasteiger partial charge on any atom is -0.383 e. The number of rotatable bonds is 2. The summed E-state index contributed by atoms with van der Waals surface area (Å²) in [6, 6.07) is 20.0. The van der Waals surface area contributed by atoms with Gasteiger partial charge in [0.25, 0.3) is 0 Å². The van der Waals surface area contributed by atoms with Crippen molar-refractivity contribution in [2.24, 2.45) is 0 Å². The lowest BCUT2D eigenvalue weighted by atomic mass is 10.1. The van der Waals surface area contributed by atoms with Crippen LogP contribution in [-0.4, -0.2) is 37.2 Å². The monoisotopic (exact) mass is 497 g/mol. The van der Waals surface area contributed by atoms with Crippen LogP contribution >= 0.6 is 11.8 Å². The maximum atomic E-state index is 13.5. The van der Waals surface area contributed by atoms with Crippen LogP contribution in [0.5, 0.6) is 0 Å². The van der Waals surface area contributed by atoms with Gasteiger partial charge >= 0.3 is 0 Å². The maximum Gasteiger partial charge on any atom is 0.182 e. The maximum absolute atomic E-state index is 13.5. The molecule has 0 spiro atoms. The van der Waals surface area contributed by atoms with Gasteiger partial charge in [0.15, 0.2) is 9.84 Å². The van der Waals surface area contributed by atoms with Crippen LogP contribution < -0.4 is 16.0 Å². The van der Waals surface area contributed by atoms with Crippen molar-refractivity contribution in [3.63, 3.8) is 0 Å². The van der Waals surface area contributed by atoms with Gasteiger partial charge in [-0.25, -0.2) is 8.42 Å². The average Bonchev–Trinajstić information content (AvgIpc) is 2.83. The molecule has 0 radical (unpaired) electrons. The van der Waals surface area contributed by atoms with Gasteiger partial charge < -0.3 is 16.0 Å². The Morgan fingerprint density at radius 1 is 0.909 bits per heavy atom. The summed E-state index contributed by atoms with van der Waals surface area (Å²) in [6.07, 6.45) is 0. The third kappa shape index (κ3) is 3.72. The highest BCUT2D eigenvalue weighted by Gasteiger charge is 2.31. The fraction of sp³-hybridized carbons (Fsp3) is 0.250. The topological polar surface area (TPSA) is 87.3 Å². The van der Waals surface area contributed by atoms with Gasteiger partial charge in [-0.05, 0) is 47.5 Å². The molecular formula is C24H23N3O3S3. The molecule has 170 valence electrons. The number of thioether (sulfide) groups is 1. The van der Waals surface area contributed by atoms with Gasteiger partial charge in [0.2, 0.25) is 0 Å². The largest absolute Gasteiger partial charge is 0.383 e. The van der Waals surface area contributed by atoms with Crippen molar-refractivity contribution in [1.82, 2.24) is 0 Å². The van der Waals surface area contributed by atoms with Crippen molar-refractivity contribution in [1.29, 1.82) is 0 Å². The van der Waals surface area contributed by atoms with E-state index in [0.717, 1.165) is 33.2 Å². The normalized spacial score (nSPS) is 24.8. The summed E-state index contributed by atoms with van der Waals surface area (Å²) in [6.45, 7) is 0.909. The van der Waals surface area contributed by atoms with Crippen molar-refractivity contribution in [3.8, 4) is 0 Å². The van der Waals surface area contributed by atoms with Crippen molar-refractivity contribution in [3.05, 3.63) is 71.8 Å². The highest BCUT2D eigenvalue weighted by Crippen LogP contribution is 2.41. The van der Waals surface area contributed by atoms with Gasteiger partial charge in [0.1, 0.15) is 0 Å². The van der Waals surface area contributed by atoms with E-state index in [0.29, 0.717) is 23.7 Å². The number of nitrogens with one attached hydrogen (secondary N) is 3. The molecule has 0 aromatic heterocycles. The summed E-state index contributed by atoms with van der Waals surface area (Å²) in [5.74, 6) is 1.01. The van der Waals surface area contributed by atoms with Crippen LogP contribution in [0.25, 0.3) is 0 Å². The number of benzene rings is 3. The molecule has 33 heavy (non-hydrogen) atoms. The molecule has 0 fully saturated rings. The van der Waals surface area contributed by atoms with E-state index in [4.69, 9.17) is 0 Å². The van der Waals surface area contributed by atoms with Gasteiger partial charge in [0.05, 0.1) is 49.0 Å². The molecule has 3 aliphatic heterocycles. The molecule has 0 amide bonds. The molecule has 3 aromatic rings. The third-order valence-corrected chi connectivity index (χ3v) is 11.0. The summed E-state index contributed by atoms with van der Waals surface area (Å²) in [5.41, 5.74) is 4.60. The van der Waals surface area contributed by atoms with E-state index >= 15 is 0 Å². The fourth-order valence-corrected chi connectivity index (χ4v) is 8.56. The average molecular weight is 498 g/mol. The van der Waals surface area contributed by atoms with Crippen LogP contribution in [0.3, 0.4) is 0 Å². The zero-order valence-corrected chi connectivity index (χ0v) is 20.2. The highest BCUT2D eigenvalue weighted by atomic mass is 32.2. The summed E-state index contributed by atoms with van der Waals surface area (Å²) in [4.78, 5) is 2.33. The van der Waals surface area contributed by atoms with Crippen LogP contribution in [-0.2, 0) is 20.6 Å². The Hall–Kier alpha value is -2.49. The predicted octanol–water partition coefficient (Wildman–Crippen LogP) is 4.42. The third-order valence-electron chi connectivity index (χ3n) is 6.38. The molecule has 3 aromatic carbocycles. The van der Waals surface area contributed by atoms with Gasteiger partial charge in [-0.3, -0.25) is 4.21 Å². The standard InChI is InChI=1S/C24H23N3O3S3/c28-32-22-8-6-15(20-14-31-21-4-2-1-3-17(21)27-20)11-19(22)26-13-23(32)16-5-7-18-24(12-16)33(29,30)10-9-25-18/h1-8,11-12,20,23,25-27H,9-10,13-14H2. The van der Waals surface area contributed by atoms with Crippen LogP contribution in [0.4, 0.5) is 17.1 Å². The number of fused-ring (bicyclic) bond motifs is 3. The summed E-state index contributed by atoms with van der Waals surface area (Å²) in [7, 11) is -4.59. The van der Waals surface area contributed by atoms with E-state index in [1.807, 2.05) is 36.0 Å². The summed E-state index contributed by atoms with van der Waals surface area (Å²) < 4.78 is 38.5. The molecule has 6 nitrogen and oxygen atoms in total. The lowest BCUT2D eigenvalue weighted by molar-refractivity contribution is 0.594. The van der Waals surface area contributed by atoms with E-state index in [2.05, 4.69) is 40.2 Å². The predicted molar refractivity (Wildman–Crippen MR) is 135 cm³/mol. The molecule has 9 heteroatoms. The number of anilines is 3. The Morgan fingerprint density at radius 2 is 1.76 bits per heavy atom. The number of hydrogen-bond donors (Lipinski definition) is 3. The smallest absolute Gasteiger partial charge is 0.182 e. The lowest BCUT2D eigenvalue weighted by Crippen LogP contribution is -2.26. The first-order valence-electron chi connectivity index (χ1n) is 10.9. The molecule has 0 saturated carbocycles. The fourth-order valence-electron chi connectivity index (χ4n) is 4.62. The van der Waals surface area contributed by atoms with Crippen molar-refractivity contribution >= 4 is 49.5 Å². The van der Waals surface area contributed by atoms with Gasteiger partial charge in [-0.15, -0.1) is 11.8 Å². The van der Waals surface area contributed by atoms with E-state index in [-0.39, 0.29) is 17.0 Å². The second kappa shape index (κ2) is 8.07. The quantitative estimate of drug-likeness (QED) is 0.483. The molecule has 3 aliphatic rings. The Balaban J connectivity index is 1.28. The Kier molecular flexibility index (Phi) is 5.15. The van der Waals surface area contributed by atoms with E-state index in [1.54, 1.807) is 12.1 Å². The summed E-state index contributed by atoms with van der Waals surface area (Å²) >= 11 is 1.84. The molecule has 3 atom stereocenters. The van der Waals surface area contributed by atoms with E-state index < -0.39 is 20.6 Å². The first-order valence-corrected chi connectivity index (χ1v) is 14.7. The lowest BCUT2D eigenvalue weighted by Gasteiger charge is -2.30. The zero-order valence-electron chi connectivity index (χ0n) is 17.7. The molecule has 3 unspecified atom stereocenters. The molecule has 3 heterocycles. The number of para-hydroxylation sites is 1. The SMILES string of the molecule is O=S1c2ccc(C3CSc4ccccc4N3)cc2NCC1c1ccc2c(c1)S(=O)(=O)CCN2. The Morgan fingerprint density at radius 3 is 2.67 bits per heavy atom. The molecule has 0 bridgehead atoms. The number of hydrogen-bond acceptors (Lipinski definition) is 7.